The summed E-state index contributed by atoms with van der Waals surface area (Å²) in [6, 6.07) is 4.10. The number of carbonyl (C=O) groups is 1. The number of carbonyl (C=O) groups excluding carboxylic acids is 1. The fourth-order valence-corrected chi connectivity index (χ4v) is 3.51. The average molecular weight is 312 g/mol. The molecule has 2 N–H and O–H groups in total. The smallest absolute Gasteiger partial charge is 0.225 e. The van der Waals surface area contributed by atoms with Gasteiger partial charge in [0, 0.05) is 35.6 Å². The molecule has 0 bridgehead atoms. The first-order chi connectivity index (χ1) is 10.7. The van der Waals surface area contributed by atoms with Crippen LogP contribution < -0.4 is 10.6 Å². The molecule has 1 aliphatic heterocycles. The van der Waals surface area contributed by atoms with Gasteiger partial charge in [0.1, 0.15) is 5.82 Å². The molecule has 2 aliphatic rings. The van der Waals surface area contributed by atoms with Crippen molar-refractivity contribution < 1.29 is 4.79 Å². The number of aromatic nitrogens is 2. The van der Waals surface area contributed by atoms with Crippen LogP contribution in [0.15, 0.2) is 35.6 Å². The SMILES string of the molecule is Cc1ccncc1-c1cnc2c(c1)SC(NC(=O)C1CC1)N2. The zero-order valence-corrected chi connectivity index (χ0v) is 13.0. The van der Waals surface area contributed by atoms with Crippen molar-refractivity contribution in [3.63, 3.8) is 0 Å². The third-order valence-electron chi connectivity index (χ3n) is 3.94. The molecule has 1 amide bonds. The van der Waals surface area contributed by atoms with E-state index >= 15 is 0 Å². The first kappa shape index (κ1) is 13.6. The molecule has 1 aliphatic carbocycles. The molecule has 0 radical (unpaired) electrons. The van der Waals surface area contributed by atoms with Crippen molar-refractivity contribution in [3.05, 3.63) is 36.3 Å². The van der Waals surface area contributed by atoms with E-state index in [0.717, 1.165) is 34.7 Å². The molecular formula is C16H16N4OS. The summed E-state index contributed by atoms with van der Waals surface area (Å²) in [5.41, 5.74) is 3.18. The van der Waals surface area contributed by atoms with Gasteiger partial charge in [-0.1, -0.05) is 11.8 Å². The molecule has 1 atom stereocenters. The van der Waals surface area contributed by atoms with Gasteiger partial charge in [0.15, 0.2) is 5.50 Å². The van der Waals surface area contributed by atoms with Gasteiger partial charge in [-0.2, -0.15) is 0 Å². The molecule has 0 aromatic carbocycles. The Bertz CT molecular complexity index is 745. The van der Waals surface area contributed by atoms with Crippen LogP contribution in [-0.2, 0) is 4.79 Å². The Morgan fingerprint density at radius 1 is 1.41 bits per heavy atom. The third kappa shape index (κ3) is 2.54. The van der Waals surface area contributed by atoms with Crippen molar-refractivity contribution in [2.75, 3.05) is 5.32 Å². The Hall–Kier alpha value is -2.08. The third-order valence-corrected chi connectivity index (χ3v) is 4.97. The van der Waals surface area contributed by atoms with E-state index in [0.29, 0.717) is 0 Å². The monoisotopic (exact) mass is 312 g/mol. The van der Waals surface area contributed by atoms with E-state index < -0.39 is 0 Å². The van der Waals surface area contributed by atoms with E-state index in [1.807, 2.05) is 18.5 Å². The van der Waals surface area contributed by atoms with Gasteiger partial charge in [0.25, 0.3) is 0 Å². The normalized spacial score (nSPS) is 19.4. The number of aryl methyl sites for hydroxylation is 1. The Balaban J connectivity index is 1.54. The second-order valence-electron chi connectivity index (χ2n) is 5.69. The van der Waals surface area contributed by atoms with Crippen LogP contribution in [0.25, 0.3) is 11.1 Å². The second kappa shape index (κ2) is 5.28. The number of rotatable bonds is 3. The van der Waals surface area contributed by atoms with Gasteiger partial charge < -0.3 is 10.6 Å². The van der Waals surface area contributed by atoms with Gasteiger partial charge in [-0.15, -0.1) is 0 Å². The second-order valence-corrected chi connectivity index (χ2v) is 6.83. The molecule has 4 rings (SSSR count). The minimum atomic E-state index is -0.124. The van der Waals surface area contributed by atoms with Gasteiger partial charge in [0.2, 0.25) is 5.91 Å². The Kier molecular flexibility index (Phi) is 3.26. The summed E-state index contributed by atoms with van der Waals surface area (Å²) in [6.07, 6.45) is 7.52. The highest BCUT2D eigenvalue weighted by molar-refractivity contribution is 8.00. The lowest BCUT2D eigenvalue weighted by Crippen LogP contribution is -2.36. The summed E-state index contributed by atoms with van der Waals surface area (Å²) >= 11 is 1.60. The summed E-state index contributed by atoms with van der Waals surface area (Å²) in [7, 11) is 0. The number of nitrogens with zero attached hydrogens (tertiary/aromatic N) is 2. The molecule has 5 nitrogen and oxygen atoms in total. The Morgan fingerprint density at radius 2 is 2.27 bits per heavy atom. The Labute approximate surface area is 132 Å². The summed E-state index contributed by atoms with van der Waals surface area (Å²) < 4.78 is 0. The summed E-state index contributed by atoms with van der Waals surface area (Å²) in [5, 5.41) is 6.26. The highest BCUT2D eigenvalue weighted by atomic mass is 32.2. The van der Waals surface area contributed by atoms with Crippen LogP contribution in [0.1, 0.15) is 18.4 Å². The standard InChI is InChI=1S/C16H16N4OS/c1-9-4-5-17-8-12(9)11-6-13-14(18-7-11)19-16(22-13)20-15(21)10-2-3-10/h4-8,10,16H,2-3H2,1H3,(H,18,19)(H,20,21). The van der Waals surface area contributed by atoms with Crippen LogP contribution in [-0.4, -0.2) is 21.4 Å². The van der Waals surface area contributed by atoms with Crippen LogP contribution in [0.3, 0.4) is 0 Å². The maximum atomic E-state index is 11.9. The fraction of sp³-hybridized carbons (Fsp3) is 0.312. The molecule has 1 fully saturated rings. The van der Waals surface area contributed by atoms with E-state index in [1.54, 1.807) is 18.0 Å². The molecule has 112 valence electrons. The zero-order valence-electron chi connectivity index (χ0n) is 12.2. The summed E-state index contributed by atoms with van der Waals surface area (Å²) in [5.74, 6) is 1.19. The van der Waals surface area contributed by atoms with Gasteiger partial charge in [-0.05, 0) is 37.5 Å². The minimum absolute atomic E-state index is 0.124. The number of hydrogen-bond donors (Lipinski definition) is 2. The molecule has 22 heavy (non-hydrogen) atoms. The Morgan fingerprint density at radius 3 is 3.05 bits per heavy atom. The molecule has 0 spiro atoms. The predicted octanol–water partition coefficient (Wildman–Crippen LogP) is 2.78. The molecular weight excluding hydrogens is 296 g/mol. The first-order valence-electron chi connectivity index (χ1n) is 7.35. The van der Waals surface area contributed by atoms with Gasteiger partial charge in [-0.3, -0.25) is 9.78 Å². The van der Waals surface area contributed by atoms with Crippen molar-refractivity contribution in [3.8, 4) is 11.1 Å². The number of amides is 1. The van der Waals surface area contributed by atoms with Crippen molar-refractivity contribution in [1.29, 1.82) is 0 Å². The number of anilines is 1. The van der Waals surface area contributed by atoms with Crippen LogP contribution >= 0.6 is 11.8 Å². The zero-order chi connectivity index (χ0) is 15.1. The van der Waals surface area contributed by atoms with E-state index in [9.17, 15) is 4.79 Å². The quantitative estimate of drug-likeness (QED) is 0.912. The summed E-state index contributed by atoms with van der Waals surface area (Å²) in [6.45, 7) is 2.06. The number of nitrogens with one attached hydrogen (secondary N) is 2. The molecule has 1 unspecified atom stereocenters. The van der Waals surface area contributed by atoms with E-state index in [1.165, 1.54) is 5.56 Å². The lowest BCUT2D eigenvalue weighted by molar-refractivity contribution is -0.122. The maximum Gasteiger partial charge on any atom is 0.225 e. The van der Waals surface area contributed by atoms with Gasteiger partial charge in [-0.25, -0.2) is 4.98 Å². The largest absolute Gasteiger partial charge is 0.340 e. The van der Waals surface area contributed by atoms with E-state index in [2.05, 4.69) is 33.6 Å². The van der Waals surface area contributed by atoms with E-state index in [-0.39, 0.29) is 17.3 Å². The molecule has 6 heteroatoms. The van der Waals surface area contributed by atoms with Crippen molar-refractivity contribution in [2.45, 2.75) is 30.2 Å². The van der Waals surface area contributed by atoms with Gasteiger partial charge >= 0.3 is 0 Å². The summed E-state index contributed by atoms with van der Waals surface area (Å²) in [4.78, 5) is 21.6. The molecule has 1 saturated carbocycles. The highest BCUT2D eigenvalue weighted by Gasteiger charge is 2.33. The van der Waals surface area contributed by atoms with Crippen LogP contribution in [0.4, 0.5) is 5.82 Å². The fourth-order valence-electron chi connectivity index (χ4n) is 2.50. The molecule has 2 aromatic heterocycles. The minimum Gasteiger partial charge on any atom is -0.340 e. The first-order valence-corrected chi connectivity index (χ1v) is 8.23. The van der Waals surface area contributed by atoms with E-state index in [4.69, 9.17) is 0 Å². The maximum absolute atomic E-state index is 11.9. The van der Waals surface area contributed by atoms with Crippen LogP contribution in [0, 0.1) is 12.8 Å². The van der Waals surface area contributed by atoms with Crippen molar-refractivity contribution in [2.24, 2.45) is 5.92 Å². The lowest BCUT2D eigenvalue weighted by atomic mass is 10.1. The molecule has 0 saturated heterocycles. The van der Waals surface area contributed by atoms with Crippen molar-refractivity contribution in [1.82, 2.24) is 15.3 Å². The molecule has 3 heterocycles. The number of hydrogen-bond acceptors (Lipinski definition) is 5. The van der Waals surface area contributed by atoms with Crippen molar-refractivity contribution >= 4 is 23.5 Å². The lowest BCUT2D eigenvalue weighted by Gasteiger charge is -2.11. The van der Waals surface area contributed by atoms with Crippen LogP contribution in [0.2, 0.25) is 0 Å². The number of fused-ring (bicyclic) bond motifs is 1. The predicted molar refractivity (Wildman–Crippen MR) is 86.3 cm³/mol. The topological polar surface area (TPSA) is 66.9 Å². The van der Waals surface area contributed by atoms with Gasteiger partial charge in [0.05, 0.1) is 4.90 Å². The number of pyridine rings is 2. The average Bonchev–Trinajstić information content (AvgIpc) is 3.28. The number of thioether (sulfide) groups is 1. The van der Waals surface area contributed by atoms with Crippen LogP contribution in [0.5, 0.6) is 0 Å². The molecule has 2 aromatic rings. The highest BCUT2D eigenvalue weighted by Crippen LogP contribution is 2.39.